The molecule has 4 rings (SSSR count). The molecule has 0 unspecified atom stereocenters. The fourth-order valence-electron chi connectivity index (χ4n) is 5.03. The summed E-state index contributed by atoms with van der Waals surface area (Å²) in [5, 5.41) is 1.28. The second-order valence-electron chi connectivity index (χ2n) is 7.44. The van der Waals surface area contributed by atoms with E-state index in [0.29, 0.717) is 0 Å². The van der Waals surface area contributed by atoms with Crippen molar-refractivity contribution in [1.82, 2.24) is 9.88 Å². The van der Waals surface area contributed by atoms with Crippen LogP contribution in [0.5, 0.6) is 0 Å². The molecule has 25 heavy (non-hydrogen) atoms. The van der Waals surface area contributed by atoms with E-state index in [4.69, 9.17) is 4.18 Å². The van der Waals surface area contributed by atoms with Gasteiger partial charge in [0.05, 0.1) is 18.9 Å². The second-order valence-corrected chi connectivity index (χ2v) is 9.18. The molecule has 2 aliphatic heterocycles. The van der Waals surface area contributed by atoms with Gasteiger partial charge in [-0.1, -0.05) is 25.1 Å². The maximum Gasteiger partial charge on any atom is 0.267 e. The lowest BCUT2D eigenvalue weighted by Crippen LogP contribution is -2.51. The first kappa shape index (κ1) is 17.1. The molecule has 1 aromatic carbocycles. The Bertz CT molecular complexity index is 889. The Morgan fingerprint density at radius 1 is 1.32 bits per heavy atom. The number of hydrogen-bond donors (Lipinski definition) is 1. The van der Waals surface area contributed by atoms with Gasteiger partial charge in [0.25, 0.3) is 10.1 Å². The second kappa shape index (κ2) is 6.11. The molecule has 5 nitrogen and oxygen atoms in total. The zero-order valence-electron chi connectivity index (χ0n) is 14.9. The maximum absolute atomic E-state index is 12.3. The SMILES string of the molecule is CC[C@@]1(CS(=O)(=O)OC)CCCN2CCc3c([nH]c4ccccc34)[C@H]21. The molecule has 0 saturated carbocycles. The van der Waals surface area contributed by atoms with E-state index < -0.39 is 10.1 Å². The number of piperidine rings is 1. The van der Waals surface area contributed by atoms with Crippen molar-refractivity contribution in [3.8, 4) is 0 Å². The average Bonchev–Trinajstić information content (AvgIpc) is 3.00. The number of rotatable bonds is 4. The number of para-hydroxylation sites is 1. The van der Waals surface area contributed by atoms with Gasteiger partial charge < -0.3 is 4.98 Å². The van der Waals surface area contributed by atoms with Crippen LogP contribution in [0.1, 0.15) is 43.5 Å². The first-order chi connectivity index (χ1) is 12.0. The summed E-state index contributed by atoms with van der Waals surface area (Å²) in [6.45, 7) is 4.15. The molecule has 1 N–H and O–H groups in total. The third kappa shape index (κ3) is 2.71. The fraction of sp³-hybridized carbons (Fsp3) is 0.579. The van der Waals surface area contributed by atoms with Gasteiger partial charge in [-0.3, -0.25) is 9.08 Å². The highest BCUT2D eigenvalue weighted by molar-refractivity contribution is 7.86. The van der Waals surface area contributed by atoms with Crippen LogP contribution >= 0.6 is 0 Å². The van der Waals surface area contributed by atoms with Crippen molar-refractivity contribution in [2.24, 2.45) is 5.41 Å². The largest absolute Gasteiger partial charge is 0.357 e. The Labute approximate surface area is 149 Å². The van der Waals surface area contributed by atoms with E-state index in [1.165, 1.54) is 23.8 Å². The molecule has 2 aliphatic rings. The molecule has 0 radical (unpaired) electrons. The number of nitrogens with one attached hydrogen (secondary N) is 1. The molecule has 1 saturated heterocycles. The molecule has 2 atom stereocenters. The monoisotopic (exact) mass is 362 g/mol. The van der Waals surface area contributed by atoms with Crippen molar-refractivity contribution in [2.75, 3.05) is 26.0 Å². The summed E-state index contributed by atoms with van der Waals surface area (Å²) < 4.78 is 29.5. The van der Waals surface area contributed by atoms with Gasteiger partial charge in [0, 0.05) is 28.6 Å². The third-order valence-corrected chi connectivity index (χ3v) is 7.69. The van der Waals surface area contributed by atoms with Crippen molar-refractivity contribution >= 4 is 21.0 Å². The zero-order valence-corrected chi connectivity index (χ0v) is 15.7. The molecule has 1 aromatic heterocycles. The van der Waals surface area contributed by atoms with Gasteiger partial charge in [-0.2, -0.15) is 8.42 Å². The summed E-state index contributed by atoms with van der Waals surface area (Å²) >= 11 is 0. The number of nitrogens with zero attached hydrogens (tertiary/aromatic N) is 1. The Kier molecular flexibility index (Phi) is 4.17. The lowest BCUT2D eigenvalue weighted by atomic mass is 9.69. The standard InChI is InChI=1S/C19H26N2O3S/c1-3-19(13-25(22,23)24-2)10-6-11-21-12-9-15-14-7-4-5-8-16(14)20-17(15)18(19)21/h4-5,7-8,18,20H,3,6,9-13H2,1-2H3/t18-,19-/m0/s1. The van der Waals surface area contributed by atoms with Crippen molar-refractivity contribution in [3.63, 3.8) is 0 Å². The predicted molar refractivity (Wildman–Crippen MR) is 99.1 cm³/mol. The van der Waals surface area contributed by atoms with E-state index in [2.05, 4.69) is 35.0 Å². The summed E-state index contributed by atoms with van der Waals surface area (Å²) in [4.78, 5) is 6.11. The molecule has 6 heteroatoms. The minimum absolute atomic E-state index is 0.0863. The fourth-order valence-corrected chi connectivity index (χ4v) is 6.36. The Hall–Kier alpha value is -1.37. The summed E-state index contributed by atoms with van der Waals surface area (Å²) in [6.07, 6.45) is 3.80. The minimum Gasteiger partial charge on any atom is -0.357 e. The smallest absolute Gasteiger partial charge is 0.267 e. The highest BCUT2D eigenvalue weighted by atomic mass is 32.2. The van der Waals surface area contributed by atoms with E-state index in [9.17, 15) is 8.42 Å². The van der Waals surface area contributed by atoms with Crippen LogP contribution < -0.4 is 0 Å². The number of benzene rings is 1. The molecule has 0 spiro atoms. The van der Waals surface area contributed by atoms with Crippen LogP contribution in [0, 0.1) is 5.41 Å². The van der Waals surface area contributed by atoms with Crippen molar-refractivity contribution < 1.29 is 12.6 Å². The summed E-state index contributed by atoms with van der Waals surface area (Å²) in [5.74, 6) is 0.0863. The number of fused-ring (bicyclic) bond motifs is 5. The topological polar surface area (TPSA) is 62.4 Å². The summed E-state index contributed by atoms with van der Waals surface area (Å²) in [6, 6.07) is 8.52. The van der Waals surface area contributed by atoms with E-state index in [1.54, 1.807) is 0 Å². The molecule has 136 valence electrons. The molecule has 0 bridgehead atoms. The number of aromatic amines is 1. The van der Waals surface area contributed by atoms with E-state index in [0.717, 1.165) is 44.3 Å². The van der Waals surface area contributed by atoms with Gasteiger partial charge >= 0.3 is 0 Å². The molecule has 3 heterocycles. The maximum atomic E-state index is 12.3. The summed E-state index contributed by atoms with van der Waals surface area (Å²) in [7, 11) is -2.24. The van der Waals surface area contributed by atoms with Crippen LogP contribution in [-0.4, -0.2) is 44.3 Å². The average molecular weight is 362 g/mol. The summed E-state index contributed by atoms with van der Waals surface area (Å²) in [5.41, 5.74) is 3.44. The van der Waals surface area contributed by atoms with E-state index >= 15 is 0 Å². The molecule has 2 aromatic rings. The first-order valence-corrected chi connectivity index (χ1v) is 10.7. The Morgan fingerprint density at radius 2 is 2.12 bits per heavy atom. The van der Waals surface area contributed by atoms with E-state index in [1.807, 2.05) is 6.07 Å². The van der Waals surface area contributed by atoms with Gasteiger partial charge in [-0.25, -0.2) is 0 Å². The predicted octanol–water partition coefficient (Wildman–Crippen LogP) is 3.23. The van der Waals surface area contributed by atoms with Crippen LogP contribution in [0.2, 0.25) is 0 Å². The first-order valence-electron chi connectivity index (χ1n) is 9.11. The van der Waals surface area contributed by atoms with Crippen LogP contribution in [0.15, 0.2) is 24.3 Å². The molecule has 0 aliphatic carbocycles. The number of hydrogen-bond acceptors (Lipinski definition) is 4. The van der Waals surface area contributed by atoms with Gasteiger partial charge in [-0.15, -0.1) is 0 Å². The van der Waals surface area contributed by atoms with Crippen molar-refractivity contribution in [3.05, 3.63) is 35.5 Å². The van der Waals surface area contributed by atoms with E-state index in [-0.39, 0.29) is 17.2 Å². The highest BCUT2D eigenvalue weighted by Gasteiger charge is 2.49. The Balaban J connectivity index is 1.87. The molecular weight excluding hydrogens is 336 g/mol. The third-order valence-electron chi connectivity index (χ3n) is 6.26. The van der Waals surface area contributed by atoms with Crippen LogP contribution in [0.4, 0.5) is 0 Å². The van der Waals surface area contributed by atoms with Gasteiger partial charge in [0.15, 0.2) is 0 Å². The van der Waals surface area contributed by atoms with Crippen LogP contribution in [0.3, 0.4) is 0 Å². The van der Waals surface area contributed by atoms with Gasteiger partial charge in [0.2, 0.25) is 0 Å². The molecule has 0 amide bonds. The Morgan fingerprint density at radius 3 is 2.88 bits per heavy atom. The zero-order chi connectivity index (χ0) is 17.7. The van der Waals surface area contributed by atoms with Gasteiger partial charge in [0.1, 0.15) is 0 Å². The van der Waals surface area contributed by atoms with Gasteiger partial charge in [-0.05, 0) is 43.9 Å². The molecular formula is C19H26N2O3S. The number of H-pyrrole nitrogens is 1. The lowest BCUT2D eigenvalue weighted by Gasteiger charge is -2.51. The lowest BCUT2D eigenvalue weighted by molar-refractivity contribution is 0.0129. The quantitative estimate of drug-likeness (QED) is 0.848. The van der Waals surface area contributed by atoms with Crippen molar-refractivity contribution in [2.45, 2.75) is 38.6 Å². The molecule has 1 fully saturated rings. The normalized spacial score (nSPS) is 27.2. The number of aromatic nitrogens is 1. The van der Waals surface area contributed by atoms with Crippen LogP contribution in [-0.2, 0) is 20.7 Å². The van der Waals surface area contributed by atoms with Crippen molar-refractivity contribution in [1.29, 1.82) is 0 Å². The highest BCUT2D eigenvalue weighted by Crippen LogP contribution is 2.52. The van der Waals surface area contributed by atoms with Crippen LogP contribution in [0.25, 0.3) is 10.9 Å². The minimum atomic E-state index is -3.51.